The van der Waals surface area contributed by atoms with Crippen LogP contribution in [0, 0.1) is 5.82 Å². The van der Waals surface area contributed by atoms with Gasteiger partial charge >= 0.3 is 0 Å². The highest BCUT2D eigenvalue weighted by molar-refractivity contribution is 6.34. The van der Waals surface area contributed by atoms with Crippen molar-refractivity contribution in [1.82, 2.24) is 19.7 Å². The minimum atomic E-state index is -0.684. The van der Waals surface area contributed by atoms with E-state index in [-0.39, 0.29) is 28.0 Å². The van der Waals surface area contributed by atoms with E-state index in [1.165, 1.54) is 30.6 Å². The van der Waals surface area contributed by atoms with Gasteiger partial charge in [0, 0.05) is 30.2 Å². The van der Waals surface area contributed by atoms with Gasteiger partial charge in [-0.05, 0) is 30.7 Å². The van der Waals surface area contributed by atoms with Crippen LogP contribution in [-0.4, -0.2) is 25.7 Å². The summed E-state index contributed by atoms with van der Waals surface area (Å²) >= 11 is 6.03. The molecule has 0 unspecified atom stereocenters. The number of carbonyl (C=O) groups excluding carboxylic acids is 1. The zero-order chi connectivity index (χ0) is 22.7. The number of benzene rings is 1. The summed E-state index contributed by atoms with van der Waals surface area (Å²) in [6, 6.07) is 9.17. The zero-order valence-corrected chi connectivity index (χ0v) is 17.7. The van der Waals surface area contributed by atoms with Crippen molar-refractivity contribution in [2.45, 2.75) is 13.3 Å². The van der Waals surface area contributed by atoms with E-state index in [2.05, 4.69) is 20.4 Å². The summed E-state index contributed by atoms with van der Waals surface area (Å²) in [6.45, 7) is 1.92. The lowest BCUT2D eigenvalue weighted by Gasteiger charge is -2.11. The molecule has 0 aliphatic carbocycles. The number of hydrogen-bond acceptors (Lipinski definition) is 6. The molecule has 1 aromatic carbocycles. The van der Waals surface area contributed by atoms with E-state index >= 15 is 0 Å². The Morgan fingerprint density at radius 1 is 1.22 bits per heavy atom. The van der Waals surface area contributed by atoms with Gasteiger partial charge in [-0.25, -0.2) is 14.1 Å². The number of ether oxygens (including phenoxy) is 1. The fourth-order valence-electron chi connectivity index (χ4n) is 3.10. The number of halogens is 2. The predicted octanol–water partition coefficient (Wildman–Crippen LogP) is 4.64. The first-order valence-electron chi connectivity index (χ1n) is 9.64. The van der Waals surface area contributed by atoms with Gasteiger partial charge in [0.25, 0.3) is 5.91 Å². The molecule has 0 aliphatic rings. The molecule has 0 fully saturated rings. The topological polar surface area (TPSA) is 108 Å². The molecule has 0 saturated heterocycles. The van der Waals surface area contributed by atoms with Crippen LogP contribution < -0.4 is 15.8 Å². The first kappa shape index (κ1) is 21.3. The average Bonchev–Trinajstić information content (AvgIpc) is 3.23. The van der Waals surface area contributed by atoms with Crippen molar-refractivity contribution >= 4 is 29.0 Å². The van der Waals surface area contributed by atoms with Gasteiger partial charge in [-0.1, -0.05) is 18.5 Å². The monoisotopic (exact) mass is 452 g/mol. The van der Waals surface area contributed by atoms with E-state index in [1.54, 1.807) is 23.1 Å². The molecule has 0 bridgehead atoms. The summed E-state index contributed by atoms with van der Waals surface area (Å²) in [5.74, 6) is -0.919. The van der Waals surface area contributed by atoms with Crippen LogP contribution in [0.4, 0.5) is 15.9 Å². The van der Waals surface area contributed by atoms with E-state index in [0.717, 1.165) is 11.8 Å². The van der Waals surface area contributed by atoms with E-state index < -0.39 is 11.7 Å². The van der Waals surface area contributed by atoms with Crippen LogP contribution in [0.2, 0.25) is 5.02 Å². The van der Waals surface area contributed by atoms with Gasteiger partial charge < -0.3 is 15.8 Å². The summed E-state index contributed by atoms with van der Waals surface area (Å²) in [5, 5.41) is 7.08. The summed E-state index contributed by atoms with van der Waals surface area (Å²) in [5.41, 5.74) is 7.73. The molecule has 0 spiro atoms. The smallest absolute Gasteiger partial charge is 0.259 e. The molecule has 4 rings (SSSR count). The van der Waals surface area contributed by atoms with E-state index in [4.69, 9.17) is 22.1 Å². The first-order valence-corrected chi connectivity index (χ1v) is 10.0. The SMILES string of the molecule is CCc1c(C(=O)Nc2ccc(Oc3ccnc(N)c3Cl)c(F)c2)cnn1-c1cccnc1. The number of carbonyl (C=O) groups is 1. The quantitative estimate of drug-likeness (QED) is 0.441. The Bertz CT molecular complexity index is 1280. The molecule has 0 radical (unpaired) electrons. The standard InChI is InChI=1S/C22H18ClFN6O2/c1-2-17-15(12-28-30(17)14-4-3-8-26-11-14)22(31)29-13-5-6-18(16(24)10-13)32-19-7-9-27-21(25)20(19)23/h3-12H,2H2,1H3,(H2,25,27)(H,29,31). The lowest BCUT2D eigenvalue weighted by atomic mass is 10.2. The third-order valence-electron chi connectivity index (χ3n) is 4.63. The lowest BCUT2D eigenvalue weighted by molar-refractivity contribution is 0.102. The van der Waals surface area contributed by atoms with Crippen molar-refractivity contribution in [1.29, 1.82) is 0 Å². The molecule has 1 amide bonds. The highest BCUT2D eigenvalue weighted by atomic mass is 35.5. The second-order valence-electron chi connectivity index (χ2n) is 6.69. The molecular weight excluding hydrogens is 435 g/mol. The predicted molar refractivity (Wildman–Crippen MR) is 119 cm³/mol. The van der Waals surface area contributed by atoms with E-state index in [1.807, 2.05) is 13.0 Å². The molecule has 8 nitrogen and oxygen atoms in total. The van der Waals surface area contributed by atoms with Crippen LogP contribution in [0.15, 0.2) is 61.2 Å². The minimum Gasteiger partial charge on any atom is -0.453 e. The minimum absolute atomic E-state index is 0.0749. The first-order chi connectivity index (χ1) is 15.5. The third-order valence-corrected chi connectivity index (χ3v) is 5.01. The average molecular weight is 453 g/mol. The Hall–Kier alpha value is -3.98. The molecule has 0 aliphatic heterocycles. The molecular formula is C22H18ClFN6O2. The molecule has 162 valence electrons. The van der Waals surface area contributed by atoms with Crippen LogP contribution in [0.1, 0.15) is 23.0 Å². The number of pyridine rings is 2. The molecule has 4 aromatic rings. The zero-order valence-electron chi connectivity index (χ0n) is 16.9. The number of nitrogens with two attached hydrogens (primary N) is 1. The Balaban J connectivity index is 1.54. The van der Waals surface area contributed by atoms with Crippen molar-refractivity contribution in [3.63, 3.8) is 0 Å². The third kappa shape index (κ3) is 4.23. The van der Waals surface area contributed by atoms with Gasteiger partial charge in [-0.2, -0.15) is 5.10 Å². The summed E-state index contributed by atoms with van der Waals surface area (Å²) in [4.78, 5) is 20.7. The highest BCUT2D eigenvalue weighted by Gasteiger charge is 2.18. The second kappa shape index (κ2) is 9.03. The lowest BCUT2D eigenvalue weighted by Crippen LogP contribution is -2.14. The highest BCUT2D eigenvalue weighted by Crippen LogP contribution is 2.34. The molecule has 0 atom stereocenters. The van der Waals surface area contributed by atoms with Crippen molar-refractivity contribution < 1.29 is 13.9 Å². The Morgan fingerprint density at radius 2 is 2.06 bits per heavy atom. The maximum absolute atomic E-state index is 14.6. The number of hydrogen-bond donors (Lipinski definition) is 2. The van der Waals surface area contributed by atoms with Crippen molar-refractivity contribution in [2.75, 3.05) is 11.1 Å². The molecule has 32 heavy (non-hydrogen) atoms. The normalized spacial score (nSPS) is 10.7. The number of amides is 1. The van der Waals surface area contributed by atoms with Crippen LogP contribution in [-0.2, 0) is 6.42 Å². The number of anilines is 2. The van der Waals surface area contributed by atoms with E-state index in [0.29, 0.717) is 17.7 Å². The molecule has 3 aromatic heterocycles. The molecule has 10 heteroatoms. The van der Waals surface area contributed by atoms with Gasteiger partial charge in [-0.15, -0.1) is 0 Å². The maximum atomic E-state index is 14.6. The fraction of sp³-hybridized carbons (Fsp3) is 0.0909. The van der Waals surface area contributed by atoms with Crippen molar-refractivity contribution in [3.05, 3.63) is 83.3 Å². The van der Waals surface area contributed by atoms with Gasteiger partial charge in [0.2, 0.25) is 0 Å². The van der Waals surface area contributed by atoms with Gasteiger partial charge in [0.1, 0.15) is 10.8 Å². The number of nitrogen functional groups attached to an aromatic ring is 1. The molecule has 0 saturated carbocycles. The number of aromatic nitrogens is 4. The number of nitrogens with one attached hydrogen (secondary N) is 1. The second-order valence-corrected chi connectivity index (χ2v) is 7.07. The van der Waals surface area contributed by atoms with Crippen molar-refractivity contribution in [2.24, 2.45) is 0 Å². The summed E-state index contributed by atoms with van der Waals surface area (Å²) in [6.07, 6.45) is 6.76. The van der Waals surface area contributed by atoms with Gasteiger partial charge in [0.15, 0.2) is 17.3 Å². The Morgan fingerprint density at radius 3 is 2.78 bits per heavy atom. The Labute approximate surface area is 187 Å². The maximum Gasteiger partial charge on any atom is 0.259 e. The van der Waals surface area contributed by atoms with Crippen LogP contribution >= 0.6 is 11.6 Å². The van der Waals surface area contributed by atoms with Crippen LogP contribution in [0.3, 0.4) is 0 Å². The summed E-state index contributed by atoms with van der Waals surface area (Å²) < 4.78 is 21.8. The van der Waals surface area contributed by atoms with E-state index in [9.17, 15) is 9.18 Å². The molecule has 3 heterocycles. The fourth-order valence-corrected chi connectivity index (χ4v) is 3.25. The molecule has 3 N–H and O–H groups in total. The Kier molecular flexibility index (Phi) is 6.00. The largest absolute Gasteiger partial charge is 0.453 e. The number of rotatable bonds is 6. The van der Waals surface area contributed by atoms with Crippen LogP contribution in [0.5, 0.6) is 11.5 Å². The van der Waals surface area contributed by atoms with Crippen LogP contribution in [0.25, 0.3) is 5.69 Å². The van der Waals surface area contributed by atoms with Gasteiger partial charge in [0.05, 0.1) is 29.3 Å². The van der Waals surface area contributed by atoms with Crippen molar-refractivity contribution in [3.8, 4) is 17.2 Å². The summed E-state index contributed by atoms with van der Waals surface area (Å²) in [7, 11) is 0. The van der Waals surface area contributed by atoms with Gasteiger partial charge in [-0.3, -0.25) is 9.78 Å². The number of nitrogens with zero attached hydrogens (tertiary/aromatic N) is 4.